The predicted octanol–water partition coefficient (Wildman–Crippen LogP) is 2.38. The molecule has 3 nitrogen and oxygen atoms in total. The summed E-state index contributed by atoms with van der Waals surface area (Å²) >= 11 is 0. The zero-order chi connectivity index (χ0) is 11.8. The molecule has 1 aromatic carbocycles. The van der Waals surface area contributed by atoms with Crippen LogP contribution in [0.4, 0.5) is 0 Å². The molecule has 3 N–H and O–H groups in total. The van der Waals surface area contributed by atoms with Gasteiger partial charge in [-0.1, -0.05) is 6.07 Å². The van der Waals surface area contributed by atoms with E-state index in [1.54, 1.807) is 0 Å². The first-order chi connectivity index (χ1) is 8.25. The van der Waals surface area contributed by atoms with Crippen LogP contribution >= 0.6 is 0 Å². The fourth-order valence-corrected chi connectivity index (χ4v) is 2.61. The quantitative estimate of drug-likeness (QED) is 0.832. The molecule has 0 bridgehead atoms. The Bertz CT molecular complexity index is 542. The molecule has 1 atom stereocenters. The third-order valence-electron chi connectivity index (χ3n) is 3.34. The molecular formula is C14H18N2O. The Morgan fingerprint density at radius 1 is 1.47 bits per heavy atom. The Labute approximate surface area is 101 Å². The first-order valence-corrected chi connectivity index (χ1v) is 6.26. The van der Waals surface area contributed by atoms with Crippen LogP contribution in [0.15, 0.2) is 18.3 Å². The fourth-order valence-electron chi connectivity index (χ4n) is 2.61. The van der Waals surface area contributed by atoms with Gasteiger partial charge < -0.3 is 15.5 Å². The van der Waals surface area contributed by atoms with E-state index in [-0.39, 0.29) is 6.04 Å². The molecule has 0 aliphatic carbocycles. The van der Waals surface area contributed by atoms with Gasteiger partial charge in [-0.25, -0.2) is 0 Å². The Hall–Kier alpha value is -1.48. The molecule has 1 aromatic heterocycles. The lowest BCUT2D eigenvalue weighted by Crippen LogP contribution is -2.17. The third-order valence-corrected chi connectivity index (χ3v) is 3.34. The normalized spacial score (nSPS) is 16.6. The van der Waals surface area contributed by atoms with Crippen molar-refractivity contribution in [1.82, 2.24) is 4.98 Å². The van der Waals surface area contributed by atoms with Crippen LogP contribution in [-0.4, -0.2) is 17.6 Å². The smallest absolute Gasteiger partial charge is 0.132 e. The average molecular weight is 230 g/mol. The van der Waals surface area contributed by atoms with Gasteiger partial charge in [0.05, 0.1) is 6.61 Å². The van der Waals surface area contributed by atoms with Gasteiger partial charge in [0, 0.05) is 23.1 Å². The van der Waals surface area contributed by atoms with Gasteiger partial charge in [0.1, 0.15) is 5.75 Å². The molecule has 3 heteroatoms. The van der Waals surface area contributed by atoms with Crippen molar-refractivity contribution in [3.63, 3.8) is 0 Å². The Morgan fingerprint density at radius 3 is 3.18 bits per heavy atom. The maximum Gasteiger partial charge on any atom is 0.132 e. The monoisotopic (exact) mass is 230 g/mol. The maximum atomic E-state index is 5.90. The van der Waals surface area contributed by atoms with Crippen LogP contribution < -0.4 is 10.5 Å². The summed E-state index contributed by atoms with van der Waals surface area (Å²) in [4.78, 5) is 3.31. The molecule has 0 fully saturated rings. The van der Waals surface area contributed by atoms with Crippen molar-refractivity contribution >= 4 is 10.9 Å². The van der Waals surface area contributed by atoms with Crippen LogP contribution in [0.5, 0.6) is 5.75 Å². The highest BCUT2D eigenvalue weighted by Crippen LogP contribution is 2.35. The van der Waals surface area contributed by atoms with Crippen LogP contribution in [0.25, 0.3) is 10.9 Å². The second-order valence-electron chi connectivity index (χ2n) is 4.92. The zero-order valence-electron chi connectivity index (χ0n) is 10.1. The minimum absolute atomic E-state index is 0.174. The van der Waals surface area contributed by atoms with Gasteiger partial charge in [-0.2, -0.15) is 0 Å². The van der Waals surface area contributed by atoms with E-state index in [0.29, 0.717) is 0 Å². The van der Waals surface area contributed by atoms with E-state index < -0.39 is 0 Å². The lowest BCUT2D eigenvalue weighted by Gasteiger charge is -2.19. The van der Waals surface area contributed by atoms with Crippen molar-refractivity contribution in [3.05, 3.63) is 29.5 Å². The maximum absolute atomic E-state index is 5.90. The lowest BCUT2D eigenvalue weighted by atomic mass is 9.99. The SMILES string of the molecule is C[C@@H](N)Cc1c[nH]c2ccc3c(c12)OCCC3. The molecule has 0 amide bonds. The zero-order valence-corrected chi connectivity index (χ0v) is 10.1. The van der Waals surface area contributed by atoms with Crippen molar-refractivity contribution in [2.24, 2.45) is 5.73 Å². The molecule has 1 aliphatic heterocycles. The number of rotatable bonds is 2. The number of aromatic nitrogens is 1. The molecule has 17 heavy (non-hydrogen) atoms. The van der Waals surface area contributed by atoms with Gasteiger partial charge >= 0.3 is 0 Å². The summed E-state index contributed by atoms with van der Waals surface area (Å²) in [5.74, 6) is 1.07. The first-order valence-electron chi connectivity index (χ1n) is 6.26. The number of hydrogen-bond acceptors (Lipinski definition) is 2. The highest BCUT2D eigenvalue weighted by molar-refractivity contribution is 5.90. The minimum Gasteiger partial charge on any atom is -0.493 e. The van der Waals surface area contributed by atoms with E-state index in [1.165, 1.54) is 16.5 Å². The summed E-state index contributed by atoms with van der Waals surface area (Å²) < 4.78 is 5.86. The number of fused-ring (bicyclic) bond motifs is 3. The van der Waals surface area contributed by atoms with E-state index in [1.807, 2.05) is 6.92 Å². The highest BCUT2D eigenvalue weighted by Gasteiger charge is 2.17. The number of H-pyrrole nitrogens is 1. The molecule has 3 rings (SSSR count). The van der Waals surface area contributed by atoms with E-state index in [4.69, 9.17) is 10.5 Å². The van der Waals surface area contributed by atoms with Crippen LogP contribution in [0.1, 0.15) is 24.5 Å². The van der Waals surface area contributed by atoms with Crippen LogP contribution in [-0.2, 0) is 12.8 Å². The summed E-state index contributed by atoms with van der Waals surface area (Å²) in [5.41, 5.74) is 9.65. The number of aromatic amines is 1. The van der Waals surface area contributed by atoms with Crippen molar-refractivity contribution in [2.45, 2.75) is 32.2 Å². The summed E-state index contributed by atoms with van der Waals surface area (Å²) in [7, 11) is 0. The van der Waals surface area contributed by atoms with E-state index in [0.717, 1.165) is 37.1 Å². The number of ether oxygens (including phenoxy) is 1. The summed E-state index contributed by atoms with van der Waals surface area (Å²) in [5, 5.41) is 1.24. The summed E-state index contributed by atoms with van der Waals surface area (Å²) in [6, 6.07) is 4.49. The summed E-state index contributed by atoms with van der Waals surface area (Å²) in [6.45, 7) is 2.87. The Morgan fingerprint density at radius 2 is 2.35 bits per heavy atom. The molecule has 0 saturated carbocycles. The molecule has 0 radical (unpaired) electrons. The van der Waals surface area contributed by atoms with Gasteiger partial charge in [-0.05, 0) is 43.4 Å². The number of hydrogen-bond donors (Lipinski definition) is 2. The van der Waals surface area contributed by atoms with Crippen LogP contribution in [0.2, 0.25) is 0 Å². The van der Waals surface area contributed by atoms with Gasteiger partial charge in [-0.3, -0.25) is 0 Å². The van der Waals surface area contributed by atoms with Gasteiger partial charge in [-0.15, -0.1) is 0 Å². The molecule has 1 aliphatic rings. The minimum atomic E-state index is 0.174. The lowest BCUT2D eigenvalue weighted by molar-refractivity contribution is 0.292. The molecule has 90 valence electrons. The first kappa shape index (κ1) is 10.7. The number of benzene rings is 1. The third kappa shape index (κ3) is 1.80. The fraction of sp³-hybridized carbons (Fsp3) is 0.429. The predicted molar refractivity (Wildman–Crippen MR) is 69.5 cm³/mol. The second kappa shape index (κ2) is 4.08. The molecule has 2 heterocycles. The Balaban J connectivity index is 2.17. The van der Waals surface area contributed by atoms with Crippen LogP contribution in [0.3, 0.4) is 0 Å². The van der Waals surface area contributed by atoms with E-state index >= 15 is 0 Å². The molecule has 0 spiro atoms. The van der Waals surface area contributed by atoms with E-state index in [9.17, 15) is 0 Å². The number of aryl methyl sites for hydroxylation is 1. The van der Waals surface area contributed by atoms with Gasteiger partial charge in [0.25, 0.3) is 0 Å². The topological polar surface area (TPSA) is 51.0 Å². The number of nitrogens with one attached hydrogen (secondary N) is 1. The van der Waals surface area contributed by atoms with Crippen molar-refractivity contribution in [1.29, 1.82) is 0 Å². The van der Waals surface area contributed by atoms with Crippen molar-refractivity contribution < 1.29 is 4.74 Å². The van der Waals surface area contributed by atoms with Gasteiger partial charge in [0.15, 0.2) is 0 Å². The van der Waals surface area contributed by atoms with Crippen molar-refractivity contribution in [2.75, 3.05) is 6.61 Å². The highest BCUT2D eigenvalue weighted by atomic mass is 16.5. The van der Waals surface area contributed by atoms with Crippen LogP contribution in [0, 0.1) is 0 Å². The average Bonchev–Trinajstić information content (AvgIpc) is 2.72. The molecule has 0 saturated heterocycles. The molecule has 0 unspecified atom stereocenters. The molecular weight excluding hydrogens is 212 g/mol. The van der Waals surface area contributed by atoms with Crippen molar-refractivity contribution in [3.8, 4) is 5.75 Å². The second-order valence-corrected chi connectivity index (χ2v) is 4.92. The largest absolute Gasteiger partial charge is 0.493 e. The van der Waals surface area contributed by atoms with E-state index in [2.05, 4.69) is 23.3 Å². The standard InChI is InChI=1S/C14H18N2O/c1-9(15)7-11-8-16-12-5-4-10-3-2-6-17-14(10)13(11)12/h4-5,8-9,16H,2-3,6-7,15H2,1H3/t9-/m1/s1. The molecule has 2 aromatic rings. The van der Waals surface area contributed by atoms with Gasteiger partial charge in [0.2, 0.25) is 0 Å². The summed E-state index contributed by atoms with van der Waals surface area (Å²) in [6.07, 6.45) is 5.19. The Kier molecular flexibility index (Phi) is 2.56. The number of nitrogens with two attached hydrogens (primary N) is 1.